The van der Waals surface area contributed by atoms with Crippen LogP contribution in [0.1, 0.15) is 52.0 Å². The fourth-order valence-electron chi connectivity index (χ4n) is 3.76. The van der Waals surface area contributed by atoms with Gasteiger partial charge in [0.1, 0.15) is 5.82 Å². The van der Waals surface area contributed by atoms with E-state index in [9.17, 15) is 0 Å². The van der Waals surface area contributed by atoms with Gasteiger partial charge in [0.15, 0.2) is 5.65 Å². The number of rotatable bonds is 4. The highest BCUT2D eigenvalue weighted by molar-refractivity contribution is 5.75. The van der Waals surface area contributed by atoms with Crippen LogP contribution < -0.4 is 16.4 Å². The number of imidazole rings is 1. The Labute approximate surface area is 166 Å². The largest absolute Gasteiger partial charge is 0.366 e. The topological polar surface area (TPSA) is 80.3 Å². The van der Waals surface area contributed by atoms with Gasteiger partial charge < -0.3 is 16.4 Å². The van der Waals surface area contributed by atoms with Gasteiger partial charge >= 0.3 is 0 Å². The molecular weight excluding hydrogens is 348 g/mol. The summed E-state index contributed by atoms with van der Waals surface area (Å²) in [5.74, 6) is 0.861. The van der Waals surface area contributed by atoms with Gasteiger partial charge in [0.05, 0.1) is 5.69 Å². The standard InChI is InChI=1S/C22H30N6/c1-22(2,3)15-4-8-17(9-5-15)25-19-14-20(27-28-13-12-24-21(19)28)26-18-10-6-16(23)7-11-18/h4-5,8-9,12-14,16,18,25H,6-7,10-11,23H2,1-3H3,(H,26,27). The molecule has 1 fully saturated rings. The van der Waals surface area contributed by atoms with E-state index in [-0.39, 0.29) is 5.41 Å². The summed E-state index contributed by atoms with van der Waals surface area (Å²) in [6.07, 6.45) is 7.96. The van der Waals surface area contributed by atoms with Crippen molar-refractivity contribution >= 4 is 22.8 Å². The zero-order chi connectivity index (χ0) is 19.7. The maximum atomic E-state index is 6.03. The summed E-state index contributed by atoms with van der Waals surface area (Å²) in [4.78, 5) is 4.46. The van der Waals surface area contributed by atoms with Crippen molar-refractivity contribution in [2.75, 3.05) is 10.6 Å². The van der Waals surface area contributed by atoms with Crippen molar-refractivity contribution in [2.45, 2.75) is 64.0 Å². The highest BCUT2D eigenvalue weighted by Gasteiger charge is 2.19. The molecule has 6 nitrogen and oxygen atoms in total. The predicted molar refractivity (Wildman–Crippen MR) is 115 cm³/mol. The van der Waals surface area contributed by atoms with Crippen LogP contribution in [0.3, 0.4) is 0 Å². The molecule has 4 rings (SSSR count). The molecule has 0 spiro atoms. The van der Waals surface area contributed by atoms with Crippen molar-refractivity contribution in [2.24, 2.45) is 5.73 Å². The van der Waals surface area contributed by atoms with Crippen LogP contribution in [0.5, 0.6) is 0 Å². The highest BCUT2D eigenvalue weighted by atomic mass is 15.3. The average Bonchev–Trinajstić information content (AvgIpc) is 3.12. The molecule has 0 radical (unpaired) electrons. The zero-order valence-electron chi connectivity index (χ0n) is 16.9. The summed E-state index contributed by atoms with van der Waals surface area (Å²) >= 11 is 0. The first-order chi connectivity index (χ1) is 13.4. The Hall–Kier alpha value is -2.60. The molecule has 0 unspecified atom stereocenters. The first-order valence-electron chi connectivity index (χ1n) is 10.1. The van der Waals surface area contributed by atoms with Gasteiger partial charge in [-0.1, -0.05) is 32.9 Å². The summed E-state index contributed by atoms with van der Waals surface area (Å²) in [7, 11) is 0. The summed E-state index contributed by atoms with van der Waals surface area (Å²) in [5.41, 5.74) is 10.3. The number of hydrogen-bond acceptors (Lipinski definition) is 5. The lowest BCUT2D eigenvalue weighted by molar-refractivity contribution is 0.410. The molecule has 28 heavy (non-hydrogen) atoms. The summed E-state index contributed by atoms with van der Waals surface area (Å²) < 4.78 is 1.82. The van der Waals surface area contributed by atoms with Crippen molar-refractivity contribution in [1.82, 2.24) is 14.6 Å². The summed E-state index contributed by atoms with van der Waals surface area (Å²) in [6.45, 7) is 6.67. The number of aromatic nitrogens is 3. The lowest BCUT2D eigenvalue weighted by Gasteiger charge is -2.27. The van der Waals surface area contributed by atoms with Crippen LogP contribution in [-0.2, 0) is 5.41 Å². The van der Waals surface area contributed by atoms with E-state index >= 15 is 0 Å². The molecule has 2 heterocycles. The first kappa shape index (κ1) is 18.7. The van der Waals surface area contributed by atoms with Crippen LogP contribution in [0.4, 0.5) is 17.2 Å². The Morgan fingerprint density at radius 3 is 2.46 bits per heavy atom. The second kappa shape index (κ2) is 7.43. The van der Waals surface area contributed by atoms with Crippen LogP contribution in [0.15, 0.2) is 42.7 Å². The molecule has 4 N–H and O–H groups in total. The lowest BCUT2D eigenvalue weighted by Crippen LogP contribution is -2.33. The molecule has 1 aromatic carbocycles. The van der Waals surface area contributed by atoms with Crippen LogP contribution in [-0.4, -0.2) is 26.7 Å². The van der Waals surface area contributed by atoms with Crippen LogP contribution in [0.25, 0.3) is 5.65 Å². The smallest absolute Gasteiger partial charge is 0.177 e. The van der Waals surface area contributed by atoms with E-state index in [1.54, 1.807) is 6.20 Å². The minimum absolute atomic E-state index is 0.144. The highest BCUT2D eigenvalue weighted by Crippen LogP contribution is 2.28. The average molecular weight is 379 g/mol. The second-order valence-corrected chi connectivity index (χ2v) is 8.85. The van der Waals surface area contributed by atoms with Crippen molar-refractivity contribution in [3.63, 3.8) is 0 Å². The van der Waals surface area contributed by atoms with Crippen LogP contribution >= 0.6 is 0 Å². The molecule has 0 aliphatic heterocycles. The van der Waals surface area contributed by atoms with E-state index in [1.807, 2.05) is 10.7 Å². The number of fused-ring (bicyclic) bond motifs is 1. The van der Waals surface area contributed by atoms with Crippen molar-refractivity contribution in [3.8, 4) is 0 Å². The van der Waals surface area contributed by atoms with Crippen molar-refractivity contribution < 1.29 is 0 Å². The molecule has 1 saturated carbocycles. The van der Waals surface area contributed by atoms with E-state index in [0.717, 1.165) is 48.5 Å². The van der Waals surface area contributed by atoms with Gasteiger partial charge in [0, 0.05) is 36.2 Å². The SMILES string of the molecule is CC(C)(C)c1ccc(Nc2cc(NC3CCC(N)CC3)nn3ccnc23)cc1. The number of nitrogens with two attached hydrogens (primary N) is 1. The maximum Gasteiger partial charge on any atom is 0.177 e. The zero-order valence-corrected chi connectivity index (χ0v) is 16.9. The summed E-state index contributed by atoms with van der Waals surface area (Å²) in [5, 5.41) is 11.8. The number of nitrogens with one attached hydrogen (secondary N) is 2. The fraction of sp³-hybridized carbons (Fsp3) is 0.455. The van der Waals surface area contributed by atoms with Gasteiger partial charge in [-0.15, -0.1) is 5.10 Å². The van der Waals surface area contributed by atoms with Crippen molar-refractivity contribution in [3.05, 3.63) is 48.3 Å². The van der Waals surface area contributed by atoms with Gasteiger partial charge in [-0.05, 0) is 48.8 Å². The Bertz CT molecular complexity index is 930. The van der Waals surface area contributed by atoms with Crippen molar-refractivity contribution in [1.29, 1.82) is 0 Å². The van der Waals surface area contributed by atoms with Crippen LogP contribution in [0.2, 0.25) is 0 Å². The van der Waals surface area contributed by atoms with E-state index in [4.69, 9.17) is 5.73 Å². The van der Waals surface area contributed by atoms with Gasteiger partial charge in [0.2, 0.25) is 0 Å². The first-order valence-corrected chi connectivity index (χ1v) is 10.1. The van der Waals surface area contributed by atoms with E-state index in [1.165, 1.54) is 5.56 Å². The van der Waals surface area contributed by atoms with Gasteiger partial charge in [0.25, 0.3) is 0 Å². The molecule has 2 aromatic heterocycles. The quantitative estimate of drug-likeness (QED) is 0.625. The second-order valence-electron chi connectivity index (χ2n) is 8.85. The number of anilines is 3. The van der Waals surface area contributed by atoms with Gasteiger partial charge in [-0.25, -0.2) is 9.50 Å². The third-order valence-electron chi connectivity index (χ3n) is 5.51. The molecule has 1 aliphatic carbocycles. The molecule has 0 bridgehead atoms. The Balaban J connectivity index is 1.57. The third kappa shape index (κ3) is 4.12. The van der Waals surface area contributed by atoms with E-state index in [2.05, 4.69) is 71.8 Å². The number of nitrogens with zero attached hydrogens (tertiary/aromatic N) is 3. The normalized spacial score (nSPS) is 20.3. The molecule has 0 atom stereocenters. The molecular formula is C22H30N6. The fourth-order valence-corrected chi connectivity index (χ4v) is 3.76. The lowest BCUT2D eigenvalue weighted by atomic mass is 9.87. The van der Waals surface area contributed by atoms with Gasteiger partial charge in [-0.2, -0.15) is 0 Å². The number of benzene rings is 1. The Morgan fingerprint density at radius 2 is 1.79 bits per heavy atom. The molecule has 0 saturated heterocycles. The molecule has 1 aliphatic rings. The summed E-state index contributed by atoms with van der Waals surface area (Å²) in [6, 6.07) is 11.4. The maximum absolute atomic E-state index is 6.03. The molecule has 3 aromatic rings. The molecule has 0 amide bonds. The predicted octanol–water partition coefficient (Wildman–Crippen LogP) is 4.45. The van der Waals surface area contributed by atoms with E-state index in [0.29, 0.717) is 12.1 Å². The monoisotopic (exact) mass is 378 g/mol. The Kier molecular flexibility index (Phi) is 4.98. The Morgan fingerprint density at radius 1 is 1.07 bits per heavy atom. The van der Waals surface area contributed by atoms with E-state index < -0.39 is 0 Å². The molecule has 148 valence electrons. The van der Waals surface area contributed by atoms with Crippen LogP contribution in [0, 0.1) is 0 Å². The molecule has 6 heteroatoms. The third-order valence-corrected chi connectivity index (χ3v) is 5.51. The minimum Gasteiger partial charge on any atom is -0.366 e. The number of hydrogen-bond donors (Lipinski definition) is 3. The van der Waals surface area contributed by atoms with Gasteiger partial charge in [-0.3, -0.25) is 0 Å². The minimum atomic E-state index is 0.144.